The maximum absolute atomic E-state index is 6.32. The molecule has 0 aliphatic carbocycles. The Kier molecular flexibility index (Phi) is 3.72. The van der Waals surface area contributed by atoms with Gasteiger partial charge in [-0.3, -0.25) is 0 Å². The van der Waals surface area contributed by atoms with Gasteiger partial charge in [0, 0.05) is 32.4 Å². The van der Waals surface area contributed by atoms with Crippen molar-refractivity contribution in [2.24, 2.45) is 7.05 Å². The number of nitrogens with zero attached hydrogens (tertiary/aromatic N) is 4. The number of alkyl halides is 1. The molecule has 0 spiro atoms. The van der Waals surface area contributed by atoms with Crippen molar-refractivity contribution in [1.82, 2.24) is 19.1 Å². The molecule has 21 heavy (non-hydrogen) atoms. The number of halogens is 1. The van der Waals surface area contributed by atoms with Gasteiger partial charge in [0.1, 0.15) is 11.6 Å². The number of imidazole rings is 2. The normalized spacial score (nSPS) is 13.0. The van der Waals surface area contributed by atoms with Crippen molar-refractivity contribution in [3.63, 3.8) is 0 Å². The number of hydrogen-bond donors (Lipinski definition) is 0. The lowest BCUT2D eigenvalue weighted by Gasteiger charge is -2.11. The zero-order valence-corrected chi connectivity index (χ0v) is 13.3. The average Bonchev–Trinajstić information content (AvgIpc) is 3.01. The summed E-state index contributed by atoms with van der Waals surface area (Å²) in [5.41, 5.74) is 3.41. The highest BCUT2D eigenvalue weighted by molar-refractivity contribution is 6.20. The molecule has 1 unspecified atom stereocenters. The minimum absolute atomic E-state index is 0.113. The summed E-state index contributed by atoms with van der Waals surface area (Å²) in [5, 5.41) is -0.113. The zero-order valence-electron chi connectivity index (χ0n) is 12.5. The van der Waals surface area contributed by atoms with Gasteiger partial charge in [-0.2, -0.15) is 0 Å². The Hall–Kier alpha value is -1.81. The minimum Gasteiger partial charge on any atom is -0.338 e. The Morgan fingerprint density at radius 2 is 2.14 bits per heavy atom. The van der Waals surface area contributed by atoms with Crippen molar-refractivity contribution >= 4 is 22.6 Å². The van der Waals surface area contributed by atoms with Crippen LogP contribution >= 0.6 is 11.6 Å². The van der Waals surface area contributed by atoms with Gasteiger partial charge < -0.3 is 9.13 Å². The van der Waals surface area contributed by atoms with Crippen molar-refractivity contribution in [2.45, 2.75) is 32.2 Å². The number of rotatable bonds is 4. The van der Waals surface area contributed by atoms with E-state index in [1.54, 1.807) is 0 Å². The Morgan fingerprint density at radius 3 is 2.81 bits per heavy atom. The maximum atomic E-state index is 6.32. The van der Waals surface area contributed by atoms with E-state index in [1.807, 2.05) is 38.5 Å². The van der Waals surface area contributed by atoms with Crippen LogP contribution in [0.25, 0.3) is 11.0 Å². The molecule has 0 amide bonds. The molecule has 3 rings (SSSR count). The number of aryl methyl sites for hydroxylation is 4. The monoisotopic (exact) mass is 302 g/mol. The predicted molar refractivity (Wildman–Crippen MR) is 85.7 cm³/mol. The van der Waals surface area contributed by atoms with Gasteiger partial charge in [0.05, 0.1) is 16.4 Å². The highest BCUT2D eigenvalue weighted by Crippen LogP contribution is 2.26. The Labute approximate surface area is 129 Å². The third-order valence-corrected chi connectivity index (χ3v) is 4.03. The molecule has 0 N–H and O–H groups in total. The molecule has 3 aromatic rings. The Balaban J connectivity index is 2.03. The summed E-state index contributed by atoms with van der Waals surface area (Å²) in [6.07, 6.45) is 4.66. The molecule has 0 radical (unpaired) electrons. The fourth-order valence-corrected chi connectivity index (χ4v) is 2.93. The Morgan fingerprint density at radius 1 is 1.33 bits per heavy atom. The summed E-state index contributed by atoms with van der Waals surface area (Å²) in [6, 6.07) is 6.20. The first-order chi connectivity index (χ1) is 10.1. The first kappa shape index (κ1) is 14.1. The second-order valence-corrected chi connectivity index (χ2v) is 6.04. The number of para-hydroxylation sites is 1. The van der Waals surface area contributed by atoms with Crippen molar-refractivity contribution in [1.29, 1.82) is 0 Å². The second kappa shape index (κ2) is 5.53. The minimum atomic E-state index is -0.113. The molecule has 1 atom stereocenters. The SMILES string of the molecule is Cc1cccc2nc(C(C)Cl)n(CCc3nccn3C)c12. The van der Waals surface area contributed by atoms with E-state index in [2.05, 4.69) is 27.1 Å². The van der Waals surface area contributed by atoms with Crippen LogP contribution in [-0.4, -0.2) is 19.1 Å². The summed E-state index contributed by atoms with van der Waals surface area (Å²) in [7, 11) is 2.02. The van der Waals surface area contributed by atoms with E-state index in [0.717, 1.165) is 30.1 Å². The van der Waals surface area contributed by atoms with E-state index in [9.17, 15) is 0 Å². The summed E-state index contributed by atoms with van der Waals surface area (Å²) in [6.45, 7) is 4.91. The summed E-state index contributed by atoms with van der Waals surface area (Å²) in [4.78, 5) is 9.09. The van der Waals surface area contributed by atoms with Crippen LogP contribution in [0.5, 0.6) is 0 Å². The number of aromatic nitrogens is 4. The van der Waals surface area contributed by atoms with Gasteiger partial charge in [0.25, 0.3) is 0 Å². The first-order valence-corrected chi connectivity index (χ1v) is 7.57. The smallest absolute Gasteiger partial charge is 0.127 e. The molecular weight excluding hydrogens is 284 g/mol. The number of hydrogen-bond acceptors (Lipinski definition) is 2. The maximum Gasteiger partial charge on any atom is 0.127 e. The molecule has 0 fully saturated rings. The first-order valence-electron chi connectivity index (χ1n) is 7.14. The van der Waals surface area contributed by atoms with E-state index < -0.39 is 0 Å². The molecule has 0 saturated heterocycles. The molecule has 5 heteroatoms. The zero-order chi connectivity index (χ0) is 15.0. The van der Waals surface area contributed by atoms with Gasteiger partial charge in [-0.1, -0.05) is 12.1 Å². The van der Waals surface area contributed by atoms with Crippen LogP contribution in [0.15, 0.2) is 30.6 Å². The Bertz CT molecular complexity index is 770. The van der Waals surface area contributed by atoms with Crippen LogP contribution in [0.1, 0.15) is 29.5 Å². The van der Waals surface area contributed by atoms with E-state index >= 15 is 0 Å². The van der Waals surface area contributed by atoms with Crippen LogP contribution in [0.3, 0.4) is 0 Å². The molecule has 2 aromatic heterocycles. The van der Waals surface area contributed by atoms with Crippen LogP contribution < -0.4 is 0 Å². The van der Waals surface area contributed by atoms with E-state index in [-0.39, 0.29) is 5.38 Å². The standard InChI is InChI=1S/C16H19ClN4/c1-11-5-4-6-13-15(11)21(16(19-13)12(2)17)9-7-14-18-8-10-20(14)3/h4-6,8,10,12H,7,9H2,1-3H3. The summed E-state index contributed by atoms with van der Waals surface area (Å²) >= 11 is 6.32. The lowest BCUT2D eigenvalue weighted by molar-refractivity contribution is 0.633. The molecule has 0 bridgehead atoms. The summed E-state index contributed by atoms with van der Waals surface area (Å²) in [5.74, 6) is 1.99. The van der Waals surface area contributed by atoms with Gasteiger partial charge in [0.2, 0.25) is 0 Å². The molecule has 0 aliphatic heterocycles. The van der Waals surface area contributed by atoms with Gasteiger partial charge in [0.15, 0.2) is 0 Å². The van der Waals surface area contributed by atoms with Crippen molar-refractivity contribution in [2.75, 3.05) is 0 Å². The van der Waals surface area contributed by atoms with Gasteiger partial charge in [-0.25, -0.2) is 9.97 Å². The van der Waals surface area contributed by atoms with E-state index in [0.29, 0.717) is 0 Å². The molecular formula is C16H19ClN4. The third kappa shape index (κ3) is 2.56. The lowest BCUT2D eigenvalue weighted by atomic mass is 10.2. The van der Waals surface area contributed by atoms with Crippen LogP contribution in [0, 0.1) is 6.92 Å². The molecule has 0 aliphatic rings. The van der Waals surface area contributed by atoms with Crippen LogP contribution in [0.2, 0.25) is 0 Å². The fourth-order valence-electron chi connectivity index (χ4n) is 2.76. The molecule has 110 valence electrons. The molecule has 2 heterocycles. The molecule has 0 saturated carbocycles. The third-order valence-electron chi connectivity index (χ3n) is 3.83. The van der Waals surface area contributed by atoms with Gasteiger partial charge in [-0.15, -0.1) is 11.6 Å². The van der Waals surface area contributed by atoms with Crippen LogP contribution in [-0.2, 0) is 20.0 Å². The van der Waals surface area contributed by atoms with Gasteiger partial charge in [-0.05, 0) is 25.5 Å². The van der Waals surface area contributed by atoms with Crippen molar-refractivity contribution < 1.29 is 0 Å². The number of benzene rings is 1. The van der Waals surface area contributed by atoms with Crippen molar-refractivity contribution in [3.05, 3.63) is 47.8 Å². The fraction of sp³-hybridized carbons (Fsp3) is 0.375. The predicted octanol–water partition coefficient (Wildman–Crippen LogP) is 3.62. The highest BCUT2D eigenvalue weighted by atomic mass is 35.5. The quantitative estimate of drug-likeness (QED) is 0.690. The van der Waals surface area contributed by atoms with Gasteiger partial charge >= 0.3 is 0 Å². The number of fused-ring (bicyclic) bond motifs is 1. The largest absolute Gasteiger partial charge is 0.338 e. The topological polar surface area (TPSA) is 35.6 Å². The highest BCUT2D eigenvalue weighted by Gasteiger charge is 2.16. The molecule has 4 nitrogen and oxygen atoms in total. The average molecular weight is 303 g/mol. The molecule has 1 aromatic carbocycles. The lowest BCUT2D eigenvalue weighted by Crippen LogP contribution is -2.09. The van der Waals surface area contributed by atoms with E-state index in [1.165, 1.54) is 11.1 Å². The summed E-state index contributed by atoms with van der Waals surface area (Å²) < 4.78 is 4.28. The second-order valence-electron chi connectivity index (χ2n) is 5.38. The van der Waals surface area contributed by atoms with Crippen molar-refractivity contribution in [3.8, 4) is 0 Å². The van der Waals surface area contributed by atoms with Crippen LogP contribution in [0.4, 0.5) is 0 Å². The van der Waals surface area contributed by atoms with E-state index in [4.69, 9.17) is 16.6 Å².